The van der Waals surface area contributed by atoms with E-state index in [0.717, 1.165) is 43.0 Å². The topological polar surface area (TPSA) is 79.5 Å². The fraction of sp³-hybridized carbons (Fsp3) is 0.421. The van der Waals surface area contributed by atoms with E-state index in [9.17, 15) is 8.42 Å². The molecular weight excluding hydrogens is 348 g/mol. The van der Waals surface area contributed by atoms with Crippen molar-refractivity contribution in [2.75, 3.05) is 40.3 Å². The smallest absolute Gasteiger partial charge is 0.234 e. The highest BCUT2D eigenvalue weighted by Gasteiger charge is 2.47. The van der Waals surface area contributed by atoms with Gasteiger partial charge in [-0.15, -0.1) is 0 Å². The highest BCUT2D eigenvalue weighted by molar-refractivity contribution is 7.92. The third kappa shape index (κ3) is 2.70. The van der Waals surface area contributed by atoms with Gasteiger partial charge in [0.1, 0.15) is 5.82 Å². The minimum atomic E-state index is -3.27. The third-order valence-electron chi connectivity index (χ3n) is 5.71. The number of aromatic nitrogens is 1. The Kier molecular flexibility index (Phi) is 4.06. The van der Waals surface area contributed by atoms with Crippen LogP contribution < -0.4 is 14.9 Å². The molecule has 7 heteroatoms. The SMILES string of the molecule is CCS(=O)(=O)N1CC2(CCN(c3cc(N)ccn3)CC2)c2ccccc21. The quantitative estimate of drug-likeness (QED) is 0.895. The monoisotopic (exact) mass is 372 g/mol. The van der Waals surface area contributed by atoms with Gasteiger partial charge in [0.25, 0.3) is 0 Å². The van der Waals surface area contributed by atoms with E-state index in [-0.39, 0.29) is 11.2 Å². The van der Waals surface area contributed by atoms with Crippen LogP contribution in [0.25, 0.3) is 0 Å². The number of hydrogen-bond donors (Lipinski definition) is 1. The molecule has 1 fully saturated rings. The largest absolute Gasteiger partial charge is 0.399 e. The van der Waals surface area contributed by atoms with Gasteiger partial charge in [0.05, 0.1) is 11.4 Å². The molecule has 138 valence electrons. The molecule has 0 aliphatic carbocycles. The highest BCUT2D eigenvalue weighted by Crippen LogP contribution is 2.48. The minimum absolute atomic E-state index is 0.115. The molecule has 1 saturated heterocycles. The number of hydrogen-bond acceptors (Lipinski definition) is 5. The number of rotatable bonds is 3. The van der Waals surface area contributed by atoms with Crippen LogP contribution >= 0.6 is 0 Å². The van der Waals surface area contributed by atoms with Crippen molar-refractivity contribution in [2.45, 2.75) is 25.2 Å². The van der Waals surface area contributed by atoms with E-state index in [2.05, 4.69) is 16.0 Å². The predicted molar refractivity (Wildman–Crippen MR) is 105 cm³/mol. The van der Waals surface area contributed by atoms with Crippen LogP contribution in [0.1, 0.15) is 25.3 Å². The molecule has 4 rings (SSSR count). The van der Waals surface area contributed by atoms with Crippen molar-refractivity contribution in [3.05, 3.63) is 48.2 Å². The Morgan fingerprint density at radius 2 is 1.92 bits per heavy atom. The zero-order chi connectivity index (χ0) is 18.4. The Balaban J connectivity index is 1.63. The van der Waals surface area contributed by atoms with Crippen molar-refractivity contribution in [2.24, 2.45) is 0 Å². The van der Waals surface area contributed by atoms with E-state index >= 15 is 0 Å². The Hall–Kier alpha value is -2.28. The molecule has 2 aliphatic rings. The van der Waals surface area contributed by atoms with E-state index in [1.165, 1.54) is 0 Å². The van der Waals surface area contributed by atoms with E-state index in [0.29, 0.717) is 12.2 Å². The molecule has 0 atom stereocenters. The van der Waals surface area contributed by atoms with Gasteiger partial charge in [-0.1, -0.05) is 18.2 Å². The van der Waals surface area contributed by atoms with Gasteiger partial charge in [-0.3, -0.25) is 4.31 Å². The van der Waals surface area contributed by atoms with Crippen LogP contribution in [0.2, 0.25) is 0 Å². The minimum Gasteiger partial charge on any atom is -0.399 e. The van der Waals surface area contributed by atoms with Crippen LogP contribution in [0, 0.1) is 0 Å². The Morgan fingerprint density at radius 1 is 1.19 bits per heavy atom. The number of anilines is 3. The summed E-state index contributed by atoms with van der Waals surface area (Å²) in [6, 6.07) is 11.6. The molecule has 2 aliphatic heterocycles. The average Bonchev–Trinajstić information content (AvgIpc) is 2.98. The second kappa shape index (κ2) is 6.16. The van der Waals surface area contributed by atoms with Crippen LogP contribution in [0.3, 0.4) is 0 Å². The van der Waals surface area contributed by atoms with Crippen molar-refractivity contribution >= 4 is 27.2 Å². The van der Waals surface area contributed by atoms with Crippen LogP contribution in [0.4, 0.5) is 17.2 Å². The van der Waals surface area contributed by atoms with Crippen molar-refractivity contribution in [3.63, 3.8) is 0 Å². The number of nitrogen functional groups attached to an aromatic ring is 1. The molecule has 2 N–H and O–H groups in total. The molecule has 1 aromatic carbocycles. The Morgan fingerprint density at radius 3 is 2.62 bits per heavy atom. The molecule has 1 aromatic heterocycles. The number of fused-ring (bicyclic) bond motifs is 2. The van der Waals surface area contributed by atoms with Gasteiger partial charge in [0.15, 0.2) is 0 Å². The van der Waals surface area contributed by atoms with Gasteiger partial charge < -0.3 is 10.6 Å². The lowest BCUT2D eigenvalue weighted by atomic mass is 9.74. The summed E-state index contributed by atoms with van der Waals surface area (Å²) >= 11 is 0. The normalized spacial score (nSPS) is 19.0. The summed E-state index contributed by atoms with van der Waals surface area (Å²) in [5.74, 6) is 1.01. The maximum Gasteiger partial charge on any atom is 0.234 e. The second-order valence-corrected chi connectivity index (χ2v) is 9.32. The van der Waals surface area contributed by atoms with Gasteiger partial charge in [0.2, 0.25) is 10.0 Å². The van der Waals surface area contributed by atoms with Crippen molar-refractivity contribution in [1.29, 1.82) is 0 Å². The molecule has 6 nitrogen and oxygen atoms in total. The standard InChI is InChI=1S/C19H24N4O2S/c1-2-26(24,25)23-14-19(16-5-3-4-6-17(16)23)8-11-22(12-9-19)18-13-15(20)7-10-21-18/h3-7,10,13H,2,8-9,11-12,14H2,1H3,(H2,20,21). The zero-order valence-electron chi connectivity index (χ0n) is 14.9. The van der Waals surface area contributed by atoms with Crippen LogP contribution in [0.5, 0.6) is 0 Å². The van der Waals surface area contributed by atoms with E-state index in [4.69, 9.17) is 5.73 Å². The molecule has 2 aromatic rings. The zero-order valence-corrected chi connectivity index (χ0v) is 15.7. The maximum absolute atomic E-state index is 12.6. The Labute approximate surface area is 154 Å². The fourth-order valence-electron chi connectivity index (χ4n) is 4.19. The number of nitrogens with two attached hydrogens (primary N) is 1. The lowest BCUT2D eigenvalue weighted by Crippen LogP contribution is -2.46. The van der Waals surface area contributed by atoms with Gasteiger partial charge in [0, 0.05) is 43.0 Å². The first kappa shape index (κ1) is 17.1. The number of sulfonamides is 1. The summed E-state index contributed by atoms with van der Waals surface area (Å²) in [5, 5.41) is 0. The summed E-state index contributed by atoms with van der Waals surface area (Å²) < 4.78 is 26.8. The maximum atomic E-state index is 12.6. The number of piperidine rings is 1. The number of para-hydroxylation sites is 1. The van der Waals surface area contributed by atoms with E-state index < -0.39 is 10.0 Å². The second-order valence-electron chi connectivity index (χ2n) is 7.14. The summed E-state index contributed by atoms with van der Waals surface area (Å²) in [6.45, 7) is 3.92. The summed E-state index contributed by atoms with van der Waals surface area (Å²) in [4.78, 5) is 6.67. The lowest BCUT2D eigenvalue weighted by Gasteiger charge is -2.40. The van der Waals surface area contributed by atoms with Gasteiger partial charge in [-0.2, -0.15) is 0 Å². The average molecular weight is 372 g/mol. The first-order chi connectivity index (χ1) is 12.5. The molecule has 1 spiro atoms. The van der Waals surface area contributed by atoms with Gasteiger partial charge >= 0.3 is 0 Å². The molecule has 26 heavy (non-hydrogen) atoms. The fourth-order valence-corrected chi connectivity index (χ4v) is 5.40. The predicted octanol–water partition coefficient (Wildman–Crippen LogP) is 2.37. The van der Waals surface area contributed by atoms with Gasteiger partial charge in [-0.25, -0.2) is 13.4 Å². The van der Waals surface area contributed by atoms with Crippen LogP contribution in [-0.2, 0) is 15.4 Å². The lowest BCUT2D eigenvalue weighted by molar-refractivity contribution is 0.355. The van der Waals surface area contributed by atoms with E-state index in [1.54, 1.807) is 23.5 Å². The molecule has 0 saturated carbocycles. The number of pyridine rings is 1. The van der Waals surface area contributed by atoms with Crippen LogP contribution in [0.15, 0.2) is 42.6 Å². The molecule has 3 heterocycles. The number of nitrogens with zero attached hydrogens (tertiary/aromatic N) is 3. The summed E-state index contributed by atoms with van der Waals surface area (Å²) in [5.41, 5.74) is 8.50. The first-order valence-electron chi connectivity index (χ1n) is 9.02. The van der Waals surface area contributed by atoms with Crippen molar-refractivity contribution in [1.82, 2.24) is 4.98 Å². The first-order valence-corrected chi connectivity index (χ1v) is 10.6. The van der Waals surface area contributed by atoms with Crippen LogP contribution in [-0.4, -0.2) is 38.8 Å². The van der Waals surface area contributed by atoms with Gasteiger partial charge in [-0.05, 0) is 37.5 Å². The molecular formula is C19H24N4O2S. The van der Waals surface area contributed by atoms with Crippen molar-refractivity contribution in [3.8, 4) is 0 Å². The third-order valence-corrected chi connectivity index (χ3v) is 7.43. The summed E-state index contributed by atoms with van der Waals surface area (Å²) in [6.07, 6.45) is 3.53. The molecule has 0 unspecified atom stereocenters. The van der Waals surface area contributed by atoms with Crippen molar-refractivity contribution < 1.29 is 8.42 Å². The summed E-state index contributed by atoms with van der Waals surface area (Å²) in [7, 11) is -3.27. The van der Waals surface area contributed by atoms with E-state index in [1.807, 2.05) is 24.3 Å². The molecule has 0 bridgehead atoms. The Bertz CT molecular complexity index is 921. The molecule has 0 amide bonds. The molecule has 0 radical (unpaired) electrons. The highest BCUT2D eigenvalue weighted by atomic mass is 32.2. The number of benzene rings is 1.